The van der Waals surface area contributed by atoms with Gasteiger partial charge in [0.15, 0.2) is 23.7 Å². The van der Waals surface area contributed by atoms with E-state index in [4.69, 9.17) is 9.47 Å². The van der Waals surface area contributed by atoms with Gasteiger partial charge in [-0.15, -0.1) is 0 Å². The van der Waals surface area contributed by atoms with Crippen molar-refractivity contribution in [2.24, 2.45) is 0 Å². The molecule has 0 saturated carbocycles. The number of aliphatic hydroxyl groups is 1. The quantitative estimate of drug-likeness (QED) is 0.663. The normalized spacial score (nSPS) is 19.8. The Hall–Kier alpha value is -2.93. The first-order valence-corrected chi connectivity index (χ1v) is 6.74. The molecule has 2 aromatic rings. The van der Waals surface area contributed by atoms with Crippen LogP contribution in [0.3, 0.4) is 0 Å². The highest BCUT2D eigenvalue weighted by Gasteiger charge is 2.39. The van der Waals surface area contributed by atoms with Crippen LogP contribution < -0.4 is 9.47 Å². The van der Waals surface area contributed by atoms with Crippen LogP contribution in [0.2, 0.25) is 0 Å². The lowest BCUT2D eigenvalue weighted by Crippen LogP contribution is -2.36. The molecular weight excluding hydrogens is 304 g/mol. The topological polar surface area (TPSA) is 116 Å². The first-order valence-electron chi connectivity index (χ1n) is 6.74. The molecule has 2 atom stereocenters. The number of aromatic hydroxyl groups is 3. The molecule has 2 aromatic carbocycles. The standard InChI is InChI=1S/C16H14O7/c1-22-11-4-7(2-3-9(11)18)16-15(21)14(20)13-10(19)5-8(17)6-12(13)23-16/h2-6,15-19,21H,1H3/t15-,16+/m1/s1. The zero-order valence-corrected chi connectivity index (χ0v) is 12.1. The van der Waals surface area contributed by atoms with Crippen LogP contribution in [0.1, 0.15) is 22.0 Å². The predicted molar refractivity (Wildman–Crippen MR) is 78.1 cm³/mol. The molecule has 1 aliphatic heterocycles. The first kappa shape index (κ1) is 15.0. The third kappa shape index (κ3) is 2.40. The molecule has 0 fully saturated rings. The van der Waals surface area contributed by atoms with Gasteiger partial charge >= 0.3 is 0 Å². The minimum Gasteiger partial charge on any atom is -0.508 e. The molecule has 4 N–H and O–H groups in total. The lowest BCUT2D eigenvalue weighted by Gasteiger charge is -2.30. The molecule has 3 rings (SSSR count). The van der Waals surface area contributed by atoms with Crippen LogP contribution in [0, 0.1) is 0 Å². The van der Waals surface area contributed by atoms with Gasteiger partial charge in [0.25, 0.3) is 0 Å². The molecule has 0 aromatic heterocycles. The van der Waals surface area contributed by atoms with Crippen molar-refractivity contribution in [3.05, 3.63) is 41.5 Å². The Morgan fingerprint density at radius 2 is 1.83 bits per heavy atom. The van der Waals surface area contributed by atoms with Crippen molar-refractivity contribution in [3.63, 3.8) is 0 Å². The third-order valence-electron chi connectivity index (χ3n) is 3.65. The molecule has 0 unspecified atom stereocenters. The van der Waals surface area contributed by atoms with E-state index in [1.807, 2.05) is 0 Å². The maximum Gasteiger partial charge on any atom is 0.202 e. The fourth-order valence-electron chi connectivity index (χ4n) is 2.54. The van der Waals surface area contributed by atoms with Crippen molar-refractivity contribution in [3.8, 4) is 28.7 Å². The molecule has 7 nitrogen and oxygen atoms in total. The van der Waals surface area contributed by atoms with Crippen LogP contribution in [-0.2, 0) is 0 Å². The molecule has 0 amide bonds. The van der Waals surface area contributed by atoms with Crippen molar-refractivity contribution in [2.45, 2.75) is 12.2 Å². The van der Waals surface area contributed by atoms with Crippen LogP contribution in [-0.4, -0.2) is 39.4 Å². The molecule has 0 aliphatic carbocycles. The monoisotopic (exact) mass is 318 g/mol. The van der Waals surface area contributed by atoms with E-state index in [0.717, 1.165) is 6.07 Å². The number of ketones is 1. The van der Waals surface area contributed by atoms with Gasteiger partial charge in [0.05, 0.1) is 7.11 Å². The summed E-state index contributed by atoms with van der Waals surface area (Å²) in [6.07, 6.45) is -2.61. The lowest BCUT2D eigenvalue weighted by atomic mass is 9.92. The predicted octanol–water partition coefficient (Wildman–Crippen LogP) is 1.49. The van der Waals surface area contributed by atoms with E-state index >= 15 is 0 Å². The summed E-state index contributed by atoms with van der Waals surface area (Å²) in [6, 6.07) is 6.45. The van der Waals surface area contributed by atoms with Gasteiger partial charge in [-0.05, 0) is 17.7 Å². The van der Waals surface area contributed by atoms with Crippen molar-refractivity contribution >= 4 is 5.78 Å². The Balaban J connectivity index is 2.07. The number of phenols is 3. The zero-order chi connectivity index (χ0) is 16.7. The Morgan fingerprint density at radius 1 is 1.09 bits per heavy atom. The van der Waals surface area contributed by atoms with Gasteiger partial charge in [-0.2, -0.15) is 0 Å². The highest BCUT2D eigenvalue weighted by atomic mass is 16.5. The molecule has 1 aliphatic rings. The summed E-state index contributed by atoms with van der Waals surface area (Å²) in [5.41, 5.74) is 0.214. The van der Waals surface area contributed by atoms with Gasteiger partial charge < -0.3 is 29.9 Å². The molecule has 0 bridgehead atoms. The van der Waals surface area contributed by atoms with E-state index in [1.165, 1.54) is 31.4 Å². The summed E-state index contributed by atoms with van der Waals surface area (Å²) in [5, 5.41) is 39.1. The van der Waals surface area contributed by atoms with Gasteiger partial charge in [0.2, 0.25) is 5.78 Å². The van der Waals surface area contributed by atoms with Crippen LogP contribution >= 0.6 is 0 Å². The zero-order valence-electron chi connectivity index (χ0n) is 12.1. The van der Waals surface area contributed by atoms with Gasteiger partial charge in [-0.3, -0.25) is 4.79 Å². The molecule has 0 saturated heterocycles. The lowest BCUT2D eigenvalue weighted by molar-refractivity contribution is 0.0210. The number of phenolic OH excluding ortho intramolecular Hbond substituents is 3. The molecule has 120 valence electrons. The van der Waals surface area contributed by atoms with Crippen LogP contribution in [0.4, 0.5) is 0 Å². The molecule has 1 heterocycles. The number of rotatable bonds is 2. The molecule has 0 radical (unpaired) electrons. The summed E-state index contributed by atoms with van der Waals surface area (Å²) >= 11 is 0. The minimum atomic E-state index is -1.55. The summed E-state index contributed by atoms with van der Waals surface area (Å²) in [4.78, 5) is 12.3. The number of hydrogen-bond acceptors (Lipinski definition) is 7. The number of ether oxygens (including phenoxy) is 2. The Morgan fingerprint density at radius 3 is 2.52 bits per heavy atom. The maximum atomic E-state index is 12.3. The third-order valence-corrected chi connectivity index (χ3v) is 3.65. The number of fused-ring (bicyclic) bond motifs is 1. The number of methoxy groups -OCH3 is 1. The van der Waals surface area contributed by atoms with E-state index < -0.39 is 23.7 Å². The van der Waals surface area contributed by atoms with Gasteiger partial charge in [-0.25, -0.2) is 0 Å². The smallest absolute Gasteiger partial charge is 0.202 e. The summed E-state index contributed by atoms with van der Waals surface area (Å²) < 4.78 is 10.6. The summed E-state index contributed by atoms with van der Waals surface area (Å²) in [6.45, 7) is 0. The Kier molecular flexibility index (Phi) is 3.49. The maximum absolute atomic E-state index is 12.3. The Labute approximate surface area is 131 Å². The number of Topliss-reactive ketones (excluding diaryl/α,β-unsaturated/α-hetero) is 1. The first-order chi connectivity index (χ1) is 10.9. The fourth-order valence-corrected chi connectivity index (χ4v) is 2.54. The minimum absolute atomic E-state index is 0.0326. The summed E-state index contributed by atoms with van der Waals surface area (Å²) in [7, 11) is 1.37. The van der Waals surface area contributed by atoms with Gasteiger partial charge in [0, 0.05) is 12.1 Å². The molecule has 0 spiro atoms. The SMILES string of the molecule is COc1cc([C@@H]2Oc3cc(O)cc(O)c3C(=O)[C@H]2O)ccc1O. The highest BCUT2D eigenvalue weighted by molar-refractivity contribution is 6.05. The van der Waals surface area contributed by atoms with Crippen LogP contribution in [0.5, 0.6) is 28.7 Å². The second kappa shape index (κ2) is 5.36. The number of hydrogen-bond donors (Lipinski definition) is 4. The second-order valence-corrected chi connectivity index (χ2v) is 5.12. The fraction of sp³-hybridized carbons (Fsp3) is 0.188. The molecule has 7 heteroatoms. The van der Waals surface area contributed by atoms with Gasteiger partial charge in [0.1, 0.15) is 22.8 Å². The number of carbonyl (C=O) groups excluding carboxylic acids is 1. The molecule has 23 heavy (non-hydrogen) atoms. The van der Waals surface area contributed by atoms with Gasteiger partial charge in [-0.1, -0.05) is 6.07 Å². The number of carbonyl (C=O) groups is 1. The van der Waals surface area contributed by atoms with Crippen molar-refractivity contribution < 1.29 is 34.7 Å². The van der Waals surface area contributed by atoms with E-state index in [2.05, 4.69) is 0 Å². The van der Waals surface area contributed by atoms with Crippen molar-refractivity contribution in [1.82, 2.24) is 0 Å². The highest BCUT2D eigenvalue weighted by Crippen LogP contribution is 2.42. The van der Waals surface area contributed by atoms with Crippen LogP contribution in [0.15, 0.2) is 30.3 Å². The van der Waals surface area contributed by atoms with Crippen LogP contribution in [0.25, 0.3) is 0 Å². The van der Waals surface area contributed by atoms with E-state index in [1.54, 1.807) is 0 Å². The molecular formula is C16H14O7. The average Bonchev–Trinajstić information content (AvgIpc) is 2.50. The van der Waals surface area contributed by atoms with E-state index in [0.29, 0.717) is 5.56 Å². The largest absolute Gasteiger partial charge is 0.508 e. The number of aliphatic hydroxyl groups excluding tert-OH is 1. The number of benzene rings is 2. The summed E-state index contributed by atoms with van der Waals surface area (Å²) in [5.74, 6) is -1.42. The van der Waals surface area contributed by atoms with E-state index in [9.17, 15) is 25.2 Å². The second-order valence-electron chi connectivity index (χ2n) is 5.12. The average molecular weight is 318 g/mol. The van der Waals surface area contributed by atoms with E-state index in [-0.39, 0.29) is 28.6 Å². The van der Waals surface area contributed by atoms with Crippen molar-refractivity contribution in [2.75, 3.05) is 7.11 Å². The Bertz CT molecular complexity index is 784. The van der Waals surface area contributed by atoms with Crippen molar-refractivity contribution in [1.29, 1.82) is 0 Å².